The van der Waals surface area contributed by atoms with Crippen molar-refractivity contribution in [1.82, 2.24) is 5.32 Å². The lowest BCUT2D eigenvalue weighted by Gasteiger charge is -2.08. The van der Waals surface area contributed by atoms with Gasteiger partial charge in [-0.3, -0.25) is 14.9 Å². The molecule has 2 aromatic rings. The molecule has 2 aromatic carbocycles. The van der Waals surface area contributed by atoms with Crippen molar-refractivity contribution in [3.8, 4) is 11.1 Å². The lowest BCUT2D eigenvalue weighted by Crippen LogP contribution is -2.20. The van der Waals surface area contributed by atoms with Gasteiger partial charge in [0, 0.05) is 0 Å². The number of carbonyl (C=O) groups is 2. The summed E-state index contributed by atoms with van der Waals surface area (Å²) >= 11 is 0. The van der Waals surface area contributed by atoms with Gasteiger partial charge >= 0.3 is 0 Å². The van der Waals surface area contributed by atoms with Gasteiger partial charge in [0.25, 0.3) is 11.8 Å². The van der Waals surface area contributed by atoms with Crippen LogP contribution in [0.5, 0.6) is 0 Å². The highest BCUT2D eigenvalue weighted by molar-refractivity contribution is 6.24. The molecule has 88 valence electrons. The van der Waals surface area contributed by atoms with Crippen molar-refractivity contribution in [2.45, 2.75) is 6.92 Å². The first kappa shape index (κ1) is 10.7. The third-order valence-electron chi connectivity index (χ3n) is 3.20. The Labute approximate surface area is 104 Å². The molecule has 1 aliphatic heterocycles. The summed E-state index contributed by atoms with van der Waals surface area (Å²) in [4.78, 5) is 23.5. The summed E-state index contributed by atoms with van der Waals surface area (Å²) in [7, 11) is 0. The summed E-state index contributed by atoms with van der Waals surface area (Å²) in [5.41, 5.74) is 3.82. The van der Waals surface area contributed by atoms with Crippen molar-refractivity contribution >= 4 is 11.8 Å². The third kappa shape index (κ3) is 1.44. The molecule has 0 saturated heterocycles. The van der Waals surface area contributed by atoms with Crippen LogP contribution in [0.4, 0.5) is 0 Å². The number of fused-ring (bicyclic) bond motifs is 1. The summed E-state index contributed by atoms with van der Waals surface area (Å²) in [6.07, 6.45) is 0. The van der Waals surface area contributed by atoms with Gasteiger partial charge in [-0.05, 0) is 29.7 Å². The van der Waals surface area contributed by atoms with Crippen LogP contribution >= 0.6 is 0 Å². The van der Waals surface area contributed by atoms with Gasteiger partial charge in [-0.25, -0.2) is 0 Å². The second kappa shape index (κ2) is 3.81. The van der Waals surface area contributed by atoms with Gasteiger partial charge in [-0.1, -0.05) is 36.4 Å². The van der Waals surface area contributed by atoms with E-state index in [0.717, 1.165) is 16.7 Å². The molecular formula is C15H11NO2. The second-order valence-corrected chi connectivity index (χ2v) is 4.33. The van der Waals surface area contributed by atoms with Crippen molar-refractivity contribution in [3.63, 3.8) is 0 Å². The number of hydrogen-bond acceptors (Lipinski definition) is 2. The van der Waals surface area contributed by atoms with Crippen molar-refractivity contribution in [2.75, 3.05) is 0 Å². The molecular weight excluding hydrogens is 226 g/mol. The maximum absolute atomic E-state index is 11.8. The molecule has 0 atom stereocenters. The van der Waals surface area contributed by atoms with E-state index in [2.05, 4.69) is 5.32 Å². The Morgan fingerprint density at radius 3 is 2.22 bits per heavy atom. The SMILES string of the molecule is Cc1ccccc1-c1cccc2c1C(=O)NC2=O. The fraction of sp³-hybridized carbons (Fsp3) is 0.0667. The fourth-order valence-corrected chi connectivity index (χ4v) is 2.32. The van der Waals surface area contributed by atoms with Gasteiger partial charge in [0.15, 0.2) is 0 Å². The van der Waals surface area contributed by atoms with E-state index in [-0.39, 0.29) is 11.8 Å². The zero-order valence-corrected chi connectivity index (χ0v) is 9.86. The predicted octanol–water partition coefficient (Wildman–Crippen LogP) is 2.55. The van der Waals surface area contributed by atoms with Gasteiger partial charge in [-0.2, -0.15) is 0 Å². The van der Waals surface area contributed by atoms with E-state index >= 15 is 0 Å². The highest BCUT2D eigenvalue weighted by Gasteiger charge is 2.29. The smallest absolute Gasteiger partial charge is 0.259 e. The number of benzene rings is 2. The minimum Gasteiger partial charge on any atom is -0.288 e. The molecule has 0 unspecified atom stereocenters. The Bertz CT molecular complexity index is 674. The van der Waals surface area contributed by atoms with Crippen LogP contribution in [0, 0.1) is 6.92 Å². The molecule has 0 fully saturated rings. The average molecular weight is 237 g/mol. The maximum atomic E-state index is 11.8. The lowest BCUT2D eigenvalue weighted by atomic mass is 9.94. The number of imide groups is 1. The normalized spacial score (nSPS) is 13.4. The summed E-state index contributed by atoms with van der Waals surface area (Å²) in [5.74, 6) is -0.626. The van der Waals surface area contributed by atoms with Gasteiger partial charge in [-0.15, -0.1) is 0 Å². The Kier molecular flexibility index (Phi) is 2.27. The van der Waals surface area contributed by atoms with Crippen molar-refractivity contribution in [3.05, 3.63) is 59.2 Å². The minimum atomic E-state index is -0.314. The van der Waals surface area contributed by atoms with Crippen molar-refractivity contribution in [2.24, 2.45) is 0 Å². The van der Waals surface area contributed by atoms with Gasteiger partial charge < -0.3 is 0 Å². The lowest BCUT2D eigenvalue weighted by molar-refractivity contribution is 0.0880. The van der Waals surface area contributed by atoms with Crippen LogP contribution in [-0.2, 0) is 0 Å². The van der Waals surface area contributed by atoms with Crippen LogP contribution in [0.25, 0.3) is 11.1 Å². The Hall–Kier alpha value is -2.42. The summed E-state index contributed by atoms with van der Waals surface area (Å²) in [6, 6.07) is 13.2. The first-order valence-corrected chi connectivity index (χ1v) is 5.73. The van der Waals surface area contributed by atoms with Crippen LogP contribution in [-0.4, -0.2) is 11.8 Å². The molecule has 1 heterocycles. The second-order valence-electron chi connectivity index (χ2n) is 4.33. The van der Waals surface area contributed by atoms with E-state index in [1.807, 2.05) is 37.3 Å². The average Bonchev–Trinajstić information content (AvgIpc) is 2.66. The first-order valence-electron chi connectivity index (χ1n) is 5.73. The minimum absolute atomic E-state index is 0.311. The molecule has 0 bridgehead atoms. The molecule has 3 nitrogen and oxygen atoms in total. The van der Waals surface area contributed by atoms with E-state index in [0.29, 0.717) is 11.1 Å². The molecule has 18 heavy (non-hydrogen) atoms. The van der Waals surface area contributed by atoms with E-state index in [1.54, 1.807) is 12.1 Å². The molecule has 0 radical (unpaired) electrons. The molecule has 0 aliphatic carbocycles. The maximum Gasteiger partial charge on any atom is 0.259 e. The number of aryl methyl sites for hydroxylation is 1. The molecule has 2 amide bonds. The molecule has 0 spiro atoms. The van der Waals surface area contributed by atoms with Gasteiger partial charge in [0.05, 0.1) is 11.1 Å². The van der Waals surface area contributed by atoms with Crippen LogP contribution in [0.2, 0.25) is 0 Å². The highest BCUT2D eigenvalue weighted by atomic mass is 16.2. The van der Waals surface area contributed by atoms with E-state index in [1.165, 1.54) is 0 Å². The molecule has 0 saturated carbocycles. The zero-order chi connectivity index (χ0) is 12.7. The van der Waals surface area contributed by atoms with Crippen LogP contribution in [0.3, 0.4) is 0 Å². The van der Waals surface area contributed by atoms with E-state index < -0.39 is 0 Å². The molecule has 1 N–H and O–H groups in total. The quantitative estimate of drug-likeness (QED) is 0.775. The molecule has 0 aromatic heterocycles. The van der Waals surface area contributed by atoms with E-state index in [4.69, 9.17) is 0 Å². The topological polar surface area (TPSA) is 46.2 Å². The number of carbonyl (C=O) groups excluding carboxylic acids is 2. The van der Waals surface area contributed by atoms with Crippen molar-refractivity contribution < 1.29 is 9.59 Å². The van der Waals surface area contributed by atoms with Gasteiger partial charge in [0.1, 0.15) is 0 Å². The molecule has 3 heteroatoms. The third-order valence-corrected chi connectivity index (χ3v) is 3.20. The van der Waals surface area contributed by atoms with Crippen molar-refractivity contribution in [1.29, 1.82) is 0 Å². The Morgan fingerprint density at radius 1 is 0.778 bits per heavy atom. The van der Waals surface area contributed by atoms with Crippen LogP contribution < -0.4 is 5.32 Å². The standard InChI is InChI=1S/C15H11NO2/c1-9-5-2-3-6-10(9)11-7-4-8-12-13(11)15(18)16-14(12)17/h2-8H,1H3,(H,16,17,18). The van der Waals surface area contributed by atoms with Crippen LogP contribution in [0.1, 0.15) is 26.3 Å². The number of amides is 2. The van der Waals surface area contributed by atoms with E-state index in [9.17, 15) is 9.59 Å². The fourth-order valence-electron chi connectivity index (χ4n) is 2.32. The molecule has 3 rings (SSSR count). The Balaban J connectivity index is 2.30. The summed E-state index contributed by atoms with van der Waals surface area (Å²) < 4.78 is 0. The summed E-state index contributed by atoms with van der Waals surface area (Å²) in [6.45, 7) is 1.99. The van der Waals surface area contributed by atoms with Crippen LogP contribution in [0.15, 0.2) is 42.5 Å². The first-order chi connectivity index (χ1) is 8.68. The monoisotopic (exact) mass is 237 g/mol. The summed E-state index contributed by atoms with van der Waals surface area (Å²) in [5, 5.41) is 2.33. The number of hydrogen-bond donors (Lipinski definition) is 1. The number of rotatable bonds is 1. The highest BCUT2D eigenvalue weighted by Crippen LogP contribution is 2.30. The Morgan fingerprint density at radius 2 is 1.44 bits per heavy atom. The predicted molar refractivity (Wildman–Crippen MR) is 68.4 cm³/mol. The van der Waals surface area contributed by atoms with Gasteiger partial charge in [0.2, 0.25) is 0 Å². The number of nitrogens with one attached hydrogen (secondary N) is 1. The zero-order valence-electron chi connectivity index (χ0n) is 9.86. The largest absolute Gasteiger partial charge is 0.288 e. The molecule has 1 aliphatic rings.